The molecule has 5 nitrogen and oxygen atoms in total. The van der Waals surface area contributed by atoms with Crippen LogP contribution in [0.1, 0.15) is 34.1 Å². The summed E-state index contributed by atoms with van der Waals surface area (Å²) in [4.78, 5) is 17.5. The summed E-state index contributed by atoms with van der Waals surface area (Å²) in [6, 6.07) is 19.5. The number of thioether (sulfide) groups is 1. The monoisotopic (exact) mass is 416 g/mol. The molecule has 0 atom stereocenters. The second-order valence-corrected chi connectivity index (χ2v) is 8.41. The van der Waals surface area contributed by atoms with Crippen LogP contribution in [0, 0.1) is 13.8 Å². The number of hydrogen-bond acceptors (Lipinski definition) is 4. The molecule has 0 aliphatic carbocycles. The van der Waals surface area contributed by atoms with Crippen LogP contribution in [0.25, 0.3) is 16.9 Å². The highest BCUT2D eigenvalue weighted by atomic mass is 32.2. The summed E-state index contributed by atoms with van der Waals surface area (Å²) in [5.74, 6) is 0.827. The van der Waals surface area contributed by atoms with Crippen LogP contribution in [-0.4, -0.2) is 26.3 Å². The van der Waals surface area contributed by atoms with Gasteiger partial charge in [0.1, 0.15) is 5.03 Å². The molecule has 0 saturated heterocycles. The largest absolute Gasteiger partial charge is 0.346 e. The van der Waals surface area contributed by atoms with Crippen LogP contribution < -0.4 is 5.32 Å². The van der Waals surface area contributed by atoms with Gasteiger partial charge in [-0.05, 0) is 61.1 Å². The fraction of sp³-hybridized carbons (Fsp3) is 0.208. The molecule has 0 unspecified atom stereocenters. The van der Waals surface area contributed by atoms with Gasteiger partial charge in [-0.1, -0.05) is 37.3 Å². The first-order chi connectivity index (χ1) is 14.6. The van der Waals surface area contributed by atoms with Crippen molar-refractivity contribution in [1.29, 1.82) is 0 Å². The molecule has 0 saturated carbocycles. The lowest BCUT2D eigenvalue weighted by Gasteiger charge is -2.09. The van der Waals surface area contributed by atoms with E-state index in [4.69, 9.17) is 10.1 Å². The Morgan fingerprint density at radius 2 is 1.83 bits per heavy atom. The van der Waals surface area contributed by atoms with Crippen molar-refractivity contribution in [2.24, 2.45) is 0 Å². The van der Waals surface area contributed by atoms with E-state index < -0.39 is 0 Å². The Balaban J connectivity index is 1.76. The zero-order chi connectivity index (χ0) is 21.1. The molecule has 30 heavy (non-hydrogen) atoms. The normalized spacial score (nSPS) is 11.0. The Morgan fingerprint density at radius 3 is 2.57 bits per heavy atom. The summed E-state index contributed by atoms with van der Waals surface area (Å²) in [7, 11) is 0. The lowest BCUT2D eigenvalue weighted by molar-refractivity contribution is 0.0950. The third kappa shape index (κ3) is 4.09. The first kappa shape index (κ1) is 20.2. The van der Waals surface area contributed by atoms with E-state index >= 15 is 0 Å². The third-order valence-corrected chi connectivity index (χ3v) is 5.87. The molecule has 2 aromatic carbocycles. The molecular formula is C24H24N4OS. The van der Waals surface area contributed by atoms with E-state index in [0.29, 0.717) is 12.1 Å². The summed E-state index contributed by atoms with van der Waals surface area (Å²) in [5.41, 5.74) is 6.59. The zero-order valence-corrected chi connectivity index (χ0v) is 18.2. The quantitative estimate of drug-likeness (QED) is 0.447. The Hall–Kier alpha value is -3.12. The average Bonchev–Trinajstić information content (AvgIpc) is 3.12. The fourth-order valence-electron chi connectivity index (χ4n) is 3.32. The molecule has 0 spiro atoms. The summed E-state index contributed by atoms with van der Waals surface area (Å²) in [5, 5.41) is 8.74. The molecule has 0 aliphatic rings. The Bertz CT molecular complexity index is 1200. The average molecular weight is 417 g/mol. The number of carbonyl (C=O) groups is 1. The first-order valence-electron chi connectivity index (χ1n) is 9.99. The molecule has 2 aromatic heterocycles. The molecule has 0 bridgehead atoms. The summed E-state index contributed by atoms with van der Waals surface area (Å²) >= 11 is 1.68. The van der Waals surface area contributed by atoms with Gasteiger partial charge in [-0.3, -0.25) is 4.79 Å². The Labute approximate surface area is 180 Å². The minimum atomic E-state index is -0.115. The molecule has 1 amide bonds. The van der Waals surface area contributed by atoms with Crippen LogP contribution in [-0.2, 0) is 6.54 Å². The third-order valence-electron chi connectivity index (χ3n) is 5.07. The number of nitrogens with one attached hydrogen (secondary N) is 1. The fourth-order valence-corrected chi connectivity index (χ4v) is 3.92. The van der Waals surface area contributed by atoms with Gasteiger partial charge >= 0.3 is 0 Å². The number of nitrogens with zero attached hydrogens (tertiary/aromatic N) is 3. The molecule has 6 heteroatoms. The van der Waals surface area contributed by atoms with Crippen molar-refractivity contribution in [2.75, 3.05) is 5.75 Å². The standard InChI is InChI=1S/C24H24N4OS/c1-4-30-22-13-12-21-26-23(19-11-10-16(2)17(3)14-19)20(28(21)27-22)15-25-24(29)18-8-6-5-7-9-18/h5-14H,4,15H2,1-3H3,(H,25,29). The molecule has 0 radical (unpaired) electrons. The number of imidazole rings is 1. The van der Waals surface area contributed by atoms with Crippen molar-refractivity contribution < 1.29 is 4.79 Å². The number of aromatic nitrogens is 3. The van der Waals surface area contributed by atoms with E-state index in [0.717, 1.165) is 33.4 Å². The van der Waals surface area contributed by atoms with E-state index in [9.17, 15) is 4.79 Å². The lowest BCUT2D eigenvalue weighted by Crippen LogP contribution is -2.24. The van der Waals surface area contributed by atoms with Gasteiger partial charge in [0.05, 0.1) is 17.9 Å². The second-order valence-electron chi connectivity index (χ2n) is 7.13. The van der Waals surface area contributed by atoms with Crippen LogP contribution in [0.15, 0.2) is 65.7 Å². The highest BCUT2D eigenvalue weighted by Gasteiger charge is 2.17. The number of rotatable bonds is 6. The van der Waals surface area contributed by atoms with E-state index in [2.05, 4.69) is 44.3 Å². The summed E-state index contributed by atoms with van der Waals surface area (Å²) < 4.78 is 1.85. The topological polar surface area (TPSA) is 59.3 Å². The van der Waals surface area contributed by atoms with E-state index in [-0.39, 0.29) is 5.91 Å². The van der Waals surface area contributed by atoms with Crippen molar-refractivity contribution in [1.82, 2.24) is 19.9 Å². The minimum absolute atomic E-state index is 0.115. The van der Waals surface area contributed by atoms with Crippen LogP contribution in [0.5, 0.6) is 0 Å². The maximum absolute atomic E-state index is 12.6. The van der Waals surface area contributed by atoms with E-state index in [1.807, 2.05) is 47.0 Å². The number of aryl methyl sites for hydroxylation is 2. The lowest BCUT2D eigenvalue weighted by atomic mass is 10.0. The van der Waals surface area contributed by atoms with Crippen molar-refractivity contribution >= 4 is 23.3 Å². The molecule has 4 aromatic rings. The smallest absolute Gasteiger partial charge is 0.251 e. The minimum Gasteiger partial charge on any atom is -0.346 e. The summed E-state index contributed by atoms with van der Waals surface area (Å²) in [6.45, 7) is 6.63. The van der Waals surface area contributed by atoms with Gasteiger partial charge in [0, 0.05) is 11.1 Å². The Morgan fingerprint density at radius 1 is 1.03 bits per heavy atom. The van der Waals surface area contributed by atoms with Gasteiger partial charge in [-0.15, -0.1) is 11.8 Å². The molecule has 1 N–H and O–H groups in total. The molecule has 2 heterocycles. The SMILES string of the molecule is CCSc1ccc2nc(-c3ccc(C)c(C)c3)c(CNC(=O)c3ccccc3)n2n1. The van der Waals surface area contributed by atoms with E-state index in [1.54, 1.807) is 11.8 Å². The highest BCUT2D eigenvalue weighted by Crippen LogP contribution is 2.27. The zero-order valence-electron chi connectivity index (χ0n) is 17.3. The Kier molecular flexibility index (Phi) is 5.86. The van der Waals surface area contributed by atoms with Crippen molar-refractivity contribution in [3.05, 3.63) is 83.0 Å². The number of fused-ring (bicyclic) bond motifs is 1. The van der Waals surface area contributed by atoms with Gasteiger partial charge in [0.15, 0.2) is 5.65 Å². The summed E-state index contributed by atoms with van der Waals surface area (Å²) in [6.07, 6.45) is 0. The predicted octanol–water partition coefficient (Wildman–Crippen LogP) is 5.06. The predicted molar refractivity (Wildman–Crippen MR) is 122 cm³/mol. The van der Waals surface area contributed by atoms with Crippen LogP contribution in [0.4, 0.5) is 0 Å². The number of amides is 1. The number of hydrogen-bond donors (Lipinski definition) is 1. The van der Waals surface area contributed by atoms with Gasteiger partial charge in [0.25, 0.3) is 5.91 Å². The number of carbonyl (C=O) groups excluding carboxylic acids is 1. The van der Waals surface area contributed by atoms with Crippen LogP contribution in [0.3, 0.4) is 0 Å². The van der Waals surface area contributed by atoms with Gasteiger partial charge in [-0.25, -0.2) is 9.50 Å². The molecule has 152 valence electrons. The van der Waals surface area contributed by atoms with Gasteiger partial charge in [0.2, 0.25) is 0 Å². The van der Waals surface area contributed by atoms with Crippen LogP contribution >= 0.6 is 11.8 Å². The van der Waals surface area contributed by atoms with Crippen molar-refractivity contribution in [3.8, 4) is 11.3 Å². The van der Waals surface area contributed by atoms with E-state index in [1.165, 1.54) is 11.1 Å². The molecule has 4 rings (SSSR count). The van der Waals surface area contributed by atoms with Gasteiger partial charge in [-0.2, -0.15) is 5.10 Å². The molecule has 0 fully saturated rings. The maximum Gasteiger partial charge on any atom is 0.251 e. The maximum atomic E-state index is 12.6. The van der Waals surface area contributed by atoms with Crippen LogP contribution in [0.2, 0.25) is 0 Å². The van der Waals surface area contributed by atoms with Gasteiger partial charge < -0.3 is 5.32 Å². The van der Waals surface area contributed by atoms with Crippen molar-refractivity contribution in [2.45, 2.75) is 32.3 Å². The first-order valence-corrected chi connectivity index (χ1v) is 11.0. The molecule has 0 aliphatic heterocycles. The van der Waals surface area contributed by atoms with Crippen molar-refractivity contribution in [3.63, 3.8) is 0 Å². The number of benzene rings is 2. The second kappa shape index (κ2) is 8.71. The molecular weight excluding hydrogens is 392 g/mol. The highest BCUT2D eigenvalue weighted by molar-refractivity contribution is 7.99.